The molecule has 12 heteroatoms. The van der Waals surface area contributed by atoms with Gasteiger partial charge in [0.25, 0.3) is 0 Å². The minimum atomic E-state index is -4.46. The lowest BCUT2D eigenvalue weighted by Gasteiger charge is -2.34. The van der Waals surface area contributed by atoms with Crippen LogP contribution in [0, 0.1) is 6.92 Å². The van der Waals surface area contributed by atoms with Crippen LogP contribution in [0.5, 0.6) is 0 Å². The molecular formula is C22H25F3N8O. The first kappa shape index (κ1) is 23.5. The molecule has 0 spiro atoms. The number of hydrogen-bond donors (Lipinski definition) is 2. The number of pyridine rings is 1. The number of nitrogens with zero attached hydrogens (tertiary/aromatic N) is 6. The molecule has 1 aliphatic rings. The highest BCUT2D eigenvalue weighted by atomic mass is 19.4. The highest BCUT2D eigenvalue weighted by Crippen LogP contribution is 2.33. The molecule has 0 radical (unpaired) electrons. The van der Waals surface area contributed by atoms with Crippen LogP contribution in [0.4, 0.5) is 30.6 Å². The second-order valence-electron chi connectivity index (χ2n) is 8.19. The molecule has 0 saturated carbocycles. The third-order valence-electron chi connectivity index (χ3n) is 5.58. The van der Waals surface area contributed by atoms with Gasteiger partial charge in [-0.05, 0) is 25.0 Å². The summed E-state index contributed by atoms with van der Waals surface area (Å²) in [6.07, 6.45) is 1.80. The van der Waals surface area contributed by atoms with E-state index in [0.29, 0.717) is 41.8 Å². The maximum absolute atomic E-state index is 12.7. The lowest BCUT2D eigenvalue weighted by Crippen LogP contribution is -2.46. The van der Waals surface area contributed by atoms with E-state index in [1.807, 2.05) is 25.8 Å². The Balaban J connectivity index is 1.42. The van der Waals surface area contributed by atoms with Gasteiger partial charge in [0.05, 0.1) is 18.4 Å². The van der Waals surface area contributed by atoms with Gasteiger partial charge in [0, 0.05) is 31.5 Å². The van der Waals surface area contributed by atoms with E-state index in [4.69, 9.17) is 0 Å². The van der Waals surface area contributed by atoms with Crippen molar-refractivity contribution in [2.75, 3.05) is 22.6 Å². The van der Waals surface area contributed by atoms with Crippen LogP contribution >= 0.6 is 0 Å². The van der Waals surface area contributed by atoms with Crippen molar-refractivity contribution < 1.29 is 18.0 Å². The third kappa shape index (κ3) is 4.95. The molecule has 0 aromatic carbocycles. The molecule has 4 rings (SSSR count). The highest BCUT2D eigenvalue weighted by Gasteiger charge is 2.33. The van der Waals surface area contributed by atoms with E-state index in [1.54, 1.807) is 17.1 Å². The Morgan fingerprint density at radius 1 is 1.18 bits per heavy atom. The summed E-state index contributed by atoms with van der Waals surface area (Å²) in [5.74, 6) is 1.03. The van der Waals surface area contributed by atoms with Crippen molar-refractivity contribution in [1.82, 2.24) is 24.7 Å². The van der Waals surface area contributed by atoms with Gasteiger partial charge in [0.15, 0.2) is 5.82 Å². The number of carbonyl (C=O) groups is 1. The molecule has 0 bridgehead atoms. The average Bonchev–Trinajstić information content (AvgIpc) is 3.23. The van der Waals surface area contributed by atoms with Crippen molar-refractivity contribution in [1.29, 1.82) is 0 Å². The summed E-state index contributed by atoms with van der Waals surface area (Å²) >= 11 is 0. The Hall–Kier alpha value is -3.70. The zero-order valence-corrected chi connectivity index (χ0v) is 19.0. The first-order valence-corrected chi connectivity index (χ1v) is 10.9. The van der Waals surface area contributed by atoms with E-state index >= 15 is 0 Å². The molecular weight excluding hydrogens is 449 g/mol. The normalized spacial score (nSPS) is 15.8. The molecule has 0 aliphatic carbocycles. The summed E-state index contributed by atoms with van der Waals surface area (Å²) < 4.78 is 39.6. The molecule has 3 aromatic rings. The fourth-order valence-corrected chi connectivity index (χ4v) is 3.80. The van der Waals surface area contributed by atoms with Crippen LogP contribution in [0.1, 0.15) is 42.3 Å². The van der Waals surface area contributed by atoms with Gasteiger partial charge in [-0.15, -0.1) is 0 Å². The van der Waals surface area contributed by atoms with Gasteiger partial charge in [-0.2, -0.15) is 23.3 Å². The quantitative estimate of drug-likeness (QED) is 0.540. The molecule has 0 saturated heterocycles. The minimum absolute atomic E-state index is 0.0556. The van der Waals surface area contributed by atoms with E-state index in [1.165, 1.54) is 12.3 Å². The molecule has 9 nitrogen and oxygen atoms in total. The Bertz CT molecular complexity index is 1180. The highest BCUT2D eigenvalue weighted by molar-refractivity contribution is 6.03. The van der Waals surface area contributed by atoms with E-state index in [-0.39, 0.29) is 11.9 Å². The average molecular weight is 474 g/mol. The van der Waals surface area contributed by atoms with Gasteiger partial charge in [-0.3, -0.25) is 14.5 Å². The van der Waals surface area contributed by atoms with E-state index in [9.17, 15) is 18.0 Å². The summed E-state index contributed by atoms with van der Waals surface area (Å²) in [6.45, 7) is 4.54. The minimum Gasteiger partial charge on any atom is -0.350 e. The molecule has 1 unspecified atom stereocenters. The number of nitrogens with one attached hydrogen (secondary N) is 2. The first-order valence-electron chi connectivity index (χ1n) is 10.9. The maximum Gasteiger partial charge on any atom is 0.433 e. The zero-order valence-electron chi connectivity index (χ0n) is 19.0. The predicted molar refractivity (Wildman–Crippen MR) is 120 cm³/mol. The molecule has 1 amide bonds. The summed E-state index contributed by atoms with van der Waals surface area (Å²) in [5, 5.41) is 10.4. The molecule has 3 aromatic heterocycles. The Morgan fingerprint density at radius 3 is 2.65 bits per heavy atom. The number of anilines is 3. The van der Waals surface area contributed by atoms with Crippen molar-refractivity contribution in [2.24, 2.45) is 0 Å². The second-order valence-corrected chi connectivity index (χ2v) is 8.19. The van der Waals surface area contributed by atoms with Crippen LogP contribution in [0.15, 0.2) is 30.7 Å². The van der Waals surface area contributed by atoms with Crippen LogP contribution in [0.2, 0.25) is 0 Å². The van der Waals surface area contributed by atoms with Crippen molar-refractivity contribution in [3.63, 3.8) is 0 Å². The number of aromatic nitrogens is 5. The predicted octanol–water partition coefficient (Wildman–Crippen LogP) is 3.61. The van der Waals surface area contributed by atoms with Gasteiger partial charge < -0.3 is 15.5 Å². The number of carbonyl (C=O) groups excluding carboxylic acids is 1. The van der Waals surface area contributed by atoms with Crippen molar-refractivity contribution in [2.45, 2.75) is 52.0 Å². The molecule has 2 N–H and O–H groups in total. The maximum atomic E-state index is 12.7. The van der Waals surface area contributed by atoms with Crippen LogP contribution < -0.4 is 15.5 Å². The van der Waals surface area contributed by atoms with Crippen LogP contribution in [0.25, 0.3) is 0 Å². The Morgan fingerprint density at radius 2 is 1.97 bits per heavy atom. The van der Waals surface area contributed by atoms with Crippen molar-refractivity contribution in [3.05, 3.63) is 53.2 Å². The summed E-state index contributed by atoms with van der Waals surface area (Å²) in [7, 11) is 1.86. The molecule has 34 heavy (non-hydrogen) atoms. The zero-order chi connectivity index (χ0) is 24.5. The largest absolute Gasteiger partial charge is 0.433 e. The number of fused-ring (bicyclic) bond motifs is 1. The van der Waals surface area contributed by atoms with E-state index in [2.05, 4.69) is 30.7 Å². The number of aryl methyl sites for hydroxylation is 1. The number of hydrogen-bond acceptors (Lipinski definition) is 7. The fourth-order valence-electron chi connectivity index (χ4n) is 3.80. The van der Waals surface area contributed by atoms with Gasteiger partial charge in [0.2, 0.25) is 11.9 Å². The Kier molecular flexibility index (Phi) is 6.40. The monoisotopic (exact) mass is 474 g/mol. The fraction of sp³-hybridized carbons (Fsp3) is 0.409. The van der Waals surface area contributed by atoms with Gasteiger partial charge in [-0.1, -0.05) is 19.4 Å². The van der Waals surface area contributed by atoms with Crippen molar-refractivity contribution >= 4 is 23.4 Å². The van der Waals surface area contributed by atoms with Crippen LogP contribution in [-0.2, 0) is 24.1 Å². The molecule has 180 valence electrons. The van der Waals surface area contributed by atoms with Gasteiger partial charge in [0.1, 0.15) is 17.4 Å². The number of rotatable bonds is 7. The standard InChI is InChI=1S/C22H25F3N8O/c1-4-5-16-20(34)30-18-13(2)29-21(31-19(18)32(16)3)27-9-15-10-28-33(12-15)11-14-6-7-17(26-8-14)22(23,24)25/h6-8,10,12,16H,4-5,9,11H2,1-3H3,(H,30,34)(H,27,29,31). The third-order valence-corrected chi connectivity index (χ3v) is 5.58. The summed E-state index contributed by atoms with van der Waals surface area (Å²) in [4.78, 5) is 26.8. The number of halogens is 3. The van der Waals surface area contributed by atoms with Gasteiger partial charge in [-0.25, -0.2) is 4.98 Å². The number of amides is 1. The molecule has 1 aliphatic heterocycles. The summed E-state index contributed by atoms with van der Waals surface area (Å²) in [5.41, 5.74) is 1.81. The molecule has 4 heterocycles. The smallest absolute Gasteiger partial charge is 0.350 e. The van der Waals surface area contributed by atoms with Crippen LogP contribution in [-0.4, -0.2) is 43.7 Å². The van der Waals surface area contributed by atoms with E-state index in [0.717, 1.165) is 24.5 Å². The summed E-state index contributed by atoms with van der Waals surface area (Å²) in [6, 6.07) is 2.07. The molecule has 1 atom stereocenters. The lowest BCUT2D eigenvalue weighted by atomic mass is 10.1. The Labute approximate surface area is 194 Å². The first-order chi connectivity index (χ1) is 16.2. The topological polar surface area (TPSA) is 101 Å². The SMILES string of the molecule is CCCC1C(=O)Nc2c(C)nc(NCc3cnn(Cc4ccc(C(F)(F)F)nc4)c3)nc2N1C. The number of alkyl halides is 3. The molecule has 0 fully saturated rings. The lowest BCUT2D eigenvalue weighted by molar-refractivity contribution is -0.141. The van der Waals surface area contributed by atoms with Gasteiger partial charge >= 0.3 is 6.18 Å². The number of likely N-dealkylation sites (N-methyl/N-ethyl adjacent to an activating group) is 1. The second kappa shape index (κ2) is 9.27. The van der Waals surface area contributed by atoms with Crippen LogP contribution in [0.3, 0.4) is 0 Å². The van der Waals surface area contributed by atoms with Crippen molar-refractivity contribution in [3.8, 4) is 0 Å². The van der Waals surface area contributed by atoms with E-state index < -0.39 is 11.9 Å².